The Labute approximate surface area is 152 Å². The summed E-state index contributed by atoms with van der Waals surface area (Å²) in [4.78, 5) is 16.3. The number of carbonyl (C=O) groups is 1. The van der Waals surface area contributed by atoms with E-state index in [4.69, 9.17) is 0 Å². The van der Waals surface area contributed by atoms with Gasteiger partial charge < -0.3 is 15.4 Å². The fourth-order valence-corrected chi connectivity index (χ4v) is 3.86. The van der Waals surface area contributed by atoms with E-state index in [0.717, 1.165) is 22.0 Å². The monoisotopic (exact) mass is 352 g/mol. The van der Waals surface area contributed by atoms with Crippen molar-refractivity contribution in [2.45, 2.75) is 38.8 Å². The summed E-state index contributed by atoms with van der Waals surface area (Å²) in [5.41, 5.74) is 4.67. The number of carbonyl (C=O) groups excluding carboxylic acids is 1. The molecule has 26 heavy (non-hydrogen) atoms. The maximum absolute atomic E-state index is 13.0. The number of benzene rings is 1. The first-order chi connectivity index (χ1) is 12.4. The zero-order valence-electron chi connectivity index (χ0n) is 15.3. The molecule has 2 aromatic heterocycles. The van der Waals surface area contributed by atoms with Crippen molar-refractivity contribution in [3.05, 3.63) is 53.0 Å². The van der Waals surface area contributed by atoms with Gasteiger partial charge in [0, 0.05) is 29.7 Å². The molecule has 1 aromatic carbocycles. The van der Waals surface area contributed by atoms with Gasteiger partial charge >= 0.3 is 0 Å². The second-order valence-electron chi connectivity index (χ2n) is 7.46. The third-order valence-electron chi connectivity index (χ3n) is 5.43. The fraction of sp³-hybridized carbons (Fsp3) is 0.400. The summed E-state index contributed by atoms with van der Waals surface area (Å²) >= 11 is 0. The topological polar surface area (TPSA) is 82.9 Å². The Bertz CT molecular complexity index is 966. The third-order valence-corrected chi connectivity index (χ3v) is 5.43. The largest absolute Gasteiger partial charge is 0.393 e. The Morgan fingerprint density at radius 2 is 2.15 bits per heavy atom. The zero-order valence-corrected chi connectivity index (χ0v) is 15.3. The Kier molecular flexibility index (Phi) is 4.07. The number of nitrogens with zero attached hydrogens (tertiary/aromatic N) is 2. The van der Waals surface area contributed by atoms with Crippen LogP contribution >= 0.6 is 0 Å². The summed E-state index contributed by atoms with van der Waals surface area (Å²) in [5.74, 6) is 0.108. The molecular formula is C20H24N4O2. The number of aromatic nitrogens is 3. The van der Waals surface area contributed by atoms with E-state index in [1.54, 1.807) is 10.9 Å². The predicted octanol–water partition coefficient (Wildman–Crippen LogP) is 2.76. The molecule has 2 heterocycles. The Morgan fingerprint density at radius 3 is 2.81 bits per heavy atom. The van der Waals surface area contributed by atoms with Gasteiger partial charge in [0.2, 0.25) is 0 Å². The van der Waals surface area contributed by atoms with Crippen molar-refractivity contribution in [2.24, 2.45) is 13.0 Å². The maximum atomic E-state index is 13.0. The van der Waals surface area contributed by atoms with Crippen LogP contribution in [0.1, 0.15) is 46.1 Å². The lowest BCUT2D eigenvalue weighted by atomic mass is 9.75. The van der Waals surface area contributed by atoms with Crippen LogP contribution in [0.15, 0.2) is 30.6 Å². The lowest BCUT2D eigenvalue weighted by Gasteiger charge is -2.37. The number of hydrogen-bond donors (Lipinski definition) is 3. The van der Waals surface area contributed by atoms with Crippen LogP contribution in [0.25, 0.3) is 10.9 Å². The van der Waals surface area contributed by atoms with Crippen molar-refractivity contribution in [3.8, 4) is 0 Å². The smallest absolute Gasteiger partial charge is 0.268 e. The van der Waals surface area contributed by atoms with Crippen molar-refractivity contribution in [3.63, 3.8) is 0 Å². The van der Waals surface area contributed by atoms with Gasteiger partial charge in [0.15, 0.2) is 0 Å². The van der Waals surface area contributed by atoms with Crippen LogP contribution in [0, 0.1) is 19.8 Å². The molecule has 1 saturated carbocycles. The molecule has 1 atom stereocenters. The molecular weight excluding hydrogens is 328 g/mol. The summed E-state index contributed by atoms with van der Waals surface area (Å²) in [6.07, 6.45) is 4.85. The maximum Gasteiger partial charge on any atom is 0.268 e. The number of fused-ring (bicyclic) bond motifs is 1. The van der Waals surface area contributed by atoms with Crippen molar-refractivity contribution in [1.82, 2.24) is 20.1 Å². The summed E-state index contributed by atoms with van der Waals surface area (Å²) in [6.45, 7) is 4.02. The van der Waals surface area contributed by atoms with E-state index in [-0.39, 0.29) is 24.0 Å². The normalized spacial score (nSPS) is 20.8. The quantitative estimate of drug-likeness (QED) is 0.675. The third kappa shape index (κ3) is 2.90. The highest BCUT2D eigenvalue weighted by Crippen LogP contribution is 2.38. The second-order valence-corrected chi connectivity index (χ2v) is 7.46. The van der Waals surface area contributed by atoms with E-state index < -0.39 is 0 Å². The van der Waals surface area contributed by atoms with Crippen LogP contribution in [-0.4, -0.2) is 31.9 Å². The first kappa shape index (κ1) is 16.8. The molecule has 0 spiro atoms. The molecule has 0 aliphatic heterocycles. The van der Waals surface area contributed by atoms with Gasteiger partial charge in [-0.25, -0.2) is 0 Å². The number of aliphatic hydroxyl groups excluding tert-OH is 1. The SMILES string of the molecule is Cc1ccc2[nH]c(C(=O)N[C@@H](c3cnn(C)c3)C3CC(O)C3)c(C)c2c1. The molecule has 0 saturated heterocycles. The lowest BCUT2D eigenvalue weighted by Crippen LogP contribution is -2.41. The highest BCUT2D eigenvalue weighted by atomic mass is 16.3. The number of hydrogen-bond acceptors (Lipinski definition) is 3. The molecule has 3 aromatic rings. The first-order valence-corrected chi connectivity index (χ1v) is 8.98. The number of rotatable bonds is 4. The van der Waals surface area contributed by atoms with Gasteiger partial charge in [-0.2, -0.15) is 5.10 Å². The molecule has 0 bridgehead atoms. The summed E-state index contributed by atoms with van der Waals surface area (Å²) in [6, 6.07) is 6.00. The molecule has 4 rings (SSSR count). The summed E-state index contributed by atoms with van der Waals surface area (Å²) < 4.78 is 1.74. The van der Waals surface area contributed by atoms with E-state index in [9.17, 15) is 9.90 Å². The van der Waals surface area contributed by atoms with Gasteiger partial charge in [-0.1, -0.05) is 11.6 Å². The van der Waals surface area contributed by atoms with E-state index >= 15 is 0 Å². The molecule has 1 fully saturated rings. The average molecular weight is 352 g/mol. The molecule has 1 aliphatic carbocycles. The number of aliphatic hydroxyl groups is 1. The van der Waals surface area contributed by atoms with Gasteiger partial charge in [-0.3, -0.25) is 9.48 Å². The zero-order chi connectivity index (χ0) is 18.4. The standard InChI is InChI=1S/C20H24N4O2/c1-11-4-5-17-16(6-11)12(2)18(22-17)20(26)23-19(13-7-15(25)8-13)14-9-21-24(3)10-14/h4-6,9-10,13,15,19,22,25H,7-8H2,1-3H3,(H,23,26)/t13?,15?,19-/m1/s1. The minimum Gasteiger partial charge on any atom is -0.393 e. The van der Waals surface area contributed by atoms with Crippen molar-refractivity contribution in [1.29, 1.82) is 0 Å². The van der Waals surface area contributed by atoms with E-state index in [1.165, 1.54) is 5.56 Å². The molecule has 136 valence electrons. The van der Waals surface area contributed by atoms with Gasteiger partial charge in [0.25, 0.3) is 5.91 Å². The number of aryl methyl sites for hydroxylation is 3. The predicted molar refractivity (Wildman–Crippen MR) is 99.9 cm³/mol. The molecule has 1 aliphatic rings. The summed E-state index contributed by atoms with van der Waals surface area (Å²) in [5, 5.41) is 18.2. The Balaban J connectivity index is 1.63. The van der Waals surface area contributed by atoms with E-state index in [2.05, 4.69) is 21.5 Å². The highest BCUT2D eigenvalue weighted by molar-refractivity contribution is 6.01. The minimum atomic E-state index is -0.270. The number of aromatic amines is 1. The van der Waals surface area contributed by atoms with Crippen LogP contribution < -0.4 is 5.32 Å². The van der Waals surface area contributed by atoms with Gasteiger partial charge in [0.05, 0.1) is 18.3 Å². The first-order valence-electron chi connectivity index (χ1n) is 8.98. The minimum absolute atomic E-state index is 0.119. The summed E-state index contributed by atoms with van der Waals surface area (Å²) in [7, 11) is 1.86. The number of H-pyrrole nitrogens is 1. The van der Waals surface area contributed by atoms with Crippen molar-refractivity contribution < 1.29 is 9.90 Å². The second kappa shape index (κ2) is 6.29. The van der Waals surface area contributed by atoms with Crippen LogP contribution in [0.4, 0.5) is 0 Å². The van der Waals surface area contributed by atoms with Gasteiger partial charge in [-0.05, 0) is 50.3 Å². The molecule has 6 nitrogen and oxygen atoms in total. The average Bonchev–Trinajstić information content (AvgIpc) is 3.14. The Morgan fingerprint density at radius 1 is 1.38 bits per heavy atom. The van der Waals surface area contributed by atoms with Crippen LogP contribution in [-0.2, 0) is 7.05 Å². The van der Waals surface area contributed by atoms with E-state index in [0.29, 0.717) is 18.5 Å². The molecule has 0 unspecified atom stereocenters. The van der Waals surface area contributed by atoms with E-state index in [1.807, 2.05) is 39.2 Å². The molecule has 0 radical (unpaired) electrons. The number of nitrogens with one attached hydrogen (secondary N) is 2. The highest BCUT2D eigenvalue weighted by Gasteiger charge is 2.36. The van der Waals surface area contributed by atoms with Crippen molar-refractivity contribution in [2.75, 3.05) is 0 Å². The van der Waals surface area contributed by atoms with Crippen LogP contribution in [0.5, 0.6) is 0 Å². The van der Waals surface area contributed by atoms with Gasteiger partial charge in [0.1, 0.15) is 5.69 Å². The Hall–Kier alpha value is -2.60. The van der Waals surface area contributed by atoms with Crippen molar-refractivity contribution >= 4 is 16.8 Å². The van der Waals surface area contributed by atoms with Gasteiger partial charge in [-0.15, -0.1) is 0 Å². The fourth-order valence-electron chi connectivity index (χ4n) is 3.86. The molecule has 3 N–H and O–H groups in total. The number of amides is 1. The molecule has 6 heteroatoms. The lowest BCUT2D eigenvalue weighted by molar-refractivity contribution is 0.0234. The van der Waals surface area contributed by atoms with Crippen LogP contribution in [0.3, 0.4) is 0 Å². The molecule has 1 amide bonds. The van der Waals surface area contributed by atoms with Crippen LogP contribution in [0.2, 0.25) is 0 Å².